The Morgan fingerprint density at radius 2 is 2.00 bits per heavy atom. The first-order chi connectivity index (χ1) is 12.4. The number of carbonyl (C=O) groups excluding carboxylic acids is 1. The zero-order chi connectivity index (χ0) is 19.1. The number of methoxy groups -OCH3 is 1. The number of carbonyl (C=O) groups is 1. The minimum absolute atomic E-state index is 0.196. The van der Waals surface area contributed by atoms with Gasteiger partial charge in [0.2, 0.25) is 5.91 Å². The summed E-state index contributed by atoms with van der Waals surface area (Å²) in [5.41, 5.74) is 0.507. The molecule has 0 saturated carbocycles. The predicted octanol–water partition coefficient (Wildman–Crippen LogP) is 3.83. The molecule has 1 amide bonds. The second-order valence-electron chi connectivity index (χ2n) is 5.77. The maximum Gasteiger partial charge on any atom is 0.241 e. The zero-order valence-corrected chi connectivity index (χ0v) is 15.7. The van der Waals surface area contributed by atoms with E-state index in [9.17, 15) is 9.18 Å². The average Bonchev–Trinajstić information content (AvgIpc) is 2.62. The fourth-order valence-corrected chi connectivity index (χ4v) is 2.44. The summed E-state index contributed by atoms with van der Waals surface area (Å²) in [5.74, 6) is 0.107. The van der Waals surface area contributed by atoms with E-state index in [0.717, 1.165) is 0 Å². The number of halogens is 2. The van der Waals surface area contributed by atoms with Crippen molar-refractivity contribution >= 4 is 23.2 Å². The van der Waals surface area contributed by atoms with Crippen LogP contribution < -0.4 is 14.8 Å². The van der Waals surface area contributed by atoms with Gasteiger partial charge in [0.05, 0.1) is 18.8 Å². The third-order valence-corrected chi connectivity index (χ3v) is 4.23. The molecule has 0 saturated heterocycles. The lowest BCUT2D eigenvalue weighted by Crippen LogP contribution is -2.41. The molecule has 1 N–H and O–H groups in total. The lowest BCUT2D eigenvalue weighted by Gasteiger charge is -2.24. The van der Waals surface area contributed by atoms with E-state index in [2.05, 4.69) is 5.32 Å². The molecule has 2 rings (SSSR count). The molecule has 7 heteroatoms. The first-order valence-corrected chi connectivity index (χ1v) is 8.52. The fraction of sp³-hybridized carbons (Fsp3) is 0.316. The molecule has 0 spiro atoms. The van der Waals surface area contributed by atoms with Crippen molar-refractivity contribution in [2.24, 2.45) is 0 Å². The number of hydrogen-bond donors (Lipinski definition) is 1. The summed E-state index contributed by atoms with van der Waals surface area (Å²) in [4.78, 5) is 14.3. The summed E-state index contributed by atoms with van der Waals surface area (Å²) in [6.45, 7) is 2.49. The van der Waals surface area contributed by atoms with Gasteiger partial charge in [-0.15, -0.1) is 0 Å². The standard InChI is InChI=1S/C19H22ClFN2O3/c1-13(19(24)22-16-12-14(20)8-9-18(16)25-3)23(2)10-11-26-17-7-5-4-6-15(17)21/h4-9,12-13H,10-11H2,1-3H3,(H,22,24)/t13-/m0/s1. The number of nitrogens with zero attached hydrogens (tertiary/aromatic N) is 1. The second-order valence-corrected chi connectivity index (χ2v) is 6.21. The van der Waals surface area contributed by atoms with Crippen LogP contribution in [0.15, 0.2) is 42.5 Å². The van der Waals surface area contributed by atoms with Gasteiger partial charge in [0.1, 0.15) is 12.4 Å². The van der Waals surface area contributed by atoms with Gasteiger partial charge in [-0.2, -0.15) is 0 Å². The maximum absolute atomic E-state index is 13.5. The first-order valence-electron chi connectivity index (χ1n) is 8.14. The minimum Gasteiger partial charge on any atom is -0.495 e. The third kappa shape index (κ3) is 5.34. The molecular weight excluding hydrogens is 359 g/mol. The second kappa shape index (κ2) is 9.40. The Balaban J connectivity index is 1.89. The van der Waals surface area contributed by atoms with Gasteiger partial charge in [0.25, 0.3) is 0 Å². The monoisotopic (exact) mass is 380 g/mol. The van der Waals surface area contributed by atoms with Crippen LogP contribution in [-0.4, -0.2) is 44.2 Å². The Bertz CT molecular complexity index is 757. The summed E-state index contributed by atoms with van der Waals surface area (Å²) >= 11 is 5.97. The number of hydrogen-bond acceptors (Lipinski definition) is 4. The zero-order valence-electron chi connectivity index (χ0n) is 15.0. The van der Waals surface area contributed by atoms with E-state index >= 15 is 0 Å². The SMILES string of the molecule is COc1ccc(Cl)cc1NC(=O)[C@H](C)N(C)CCOc1ccccc1F. The van der Waals surface area contributed by atoms with Crippen LogP contribution in [0.1, 0.15) is 6.92 Å². The molecule has 0 heterocycles. The van der Waals surface area contributed by atoms with E-state index < -0.39 is 11.9 Å². The number of amides is 1. The molecule has 0 aliphatic rings. The number of likely N-dealkylation sites (N-methyl/N-ethyl adjacent to an activating group) is 1. The number of benzene rings is 2. The molecule has 0 aliphatic carbocycles. The number of anilines is 1. The van der Waals surface area contributed by atoms with Crippen molar-refractivity contribution in [2.75, 3.05) is 32.6 Å². The summed E-state index contributed by atoms with van der Waals surface area (Å²) in [5, 5.41) is 3.31. The minimum atomic E-state index is -0.428. The molecular formula is C19H22ClFN2O3. The van der Waals surface area contributed by atoms with Crippen molar-refractivity contribution in [3.05, 3.63) is 53.3 Å². The van der Waals surface area contributed by atoms with Crippen molar-refractivity contribution in [3.63, 3.8) is 0 Å². The van der Waals surface area contributed by atoms with Gasteiger partial charge in [-0.1, -0.05) is 23.7 Å². The Morgan fingerprint density at radius 1 is 1.27 bits per heavy atom. The van der Waals surface area contributed by atoms with Crippen LogP contribution in [0.3, 0.4) is 0 Å². The lowest BCUT2D eigenvalue weighted by atomic mass is 10.2. The van der Waals surface area contributed by atoms with Crippen LogP contribution >= 0.6 is 11.6 Å². The van der Waals surface area contributed by atoms with Crippen LogP contribution in [0.25, 0.3) is 0 Å². The molecule has 5 nitrogen and oxygen atoms in total. The largest absolute Gasteiger partial charge is 0.495 e. The van der Waals surface area contributed by atoms with E-state index in [4.69, 9.17) is 21.1 Å². The van der Waals surface area contributed by atoms with Gasteiger partial charge in [0.15, 0.2) is 11.6 Å². The number of rotatable bonds is 8. The molecule has 0 bridgehead atoms. The molecule has 140 valence electrons. The van der Waals surface area contributed by atoms with Crippen molar-refractivity contribution in [2.45, 2.75) is 13.0 Å². The van der Waals surface area contributed by atoms with E-state index in [0.29, 0.717) is 23.0 Å². The van der Waals surface area contributed by atoms with E-state index in [-0.39, 0.29) is 18.3 Å². The van der Waals surface area contributed by atoms with Gasteiger partial charge in [-0.3, -0.25) is 9.69 Å². The molecule has 0 fully saturated rings. The molecule has 2 aromatic carbocycles. The summed E-state index contributed by atoms with van der Waals surface area (Å²) < 4.78 is 24.2. The molecule has 0 unspecified atom stereocenters. The van der Waals surface area contributed by atoms with E-state index in [1.54, 1.807) is 50.4 Å². The fourth-order valence-electron chi connectivity index (χ4n) is 2.27. The molecule has 0 aliphatic heterocycles. The Labute approximate surface area is 157 Å². The summed E-state index contributed by atoms with van der Waals surface area (Å²) in [7, 11) is 3.32. The maximum atomic E-state index is 13.5. The van der Waals surface area contributed by atoms with Gasteiger partial charge in [0, 0.05) is 11.6 Å². The lowest BCUT2D eigenvalue weighted by molar-refractivity contribution is -0.120. The normalized spacial score (nSPS) is 11.9. The van der Waals surface area contributed by atoms with E-state index in [1.807, 2.05) is 4.90 Å². The third-order valence-electron chi connectivity index (χ3n) is 4.00. The first kappa shape index (κ1) is 20.0. The highest BCUT2D eigenvalue weighted by Crippen LogP contribution is 2.27. The summed E-state index contributed by atoms with van der Waals surface area (Å²) in [6, 6.07) is 10.8. The predicted molar refractivity (Wildman–Crippen MR) is 101 cm³/mol. The summed E-state index contributed by atoms with van der Waals surface area (Å²) in [6.07, 6.45) is 0. The smallest absolute Gasteiger partial charge is 0.241 e. The number of para-hydroxylation sites is 1. The van der Waals surface area contributed by atoms with Crippen molar-refractivity contribution < 1.29 is 18.7 Å². The Kier molecular flexibility index (Phi) is 7.24. The van der Waals surface area contributed by atoms with Crippen molar-refractivity contribution in [1.82, 2.24) is 4.90 Å². The Hall–Kier alpha value is -2.31. The van der Waals surface area contributed by atoms with Crippen LogP contribution in [0.4, 0.5) is 10.1 Å². The van der Waals surface area contributed by atoms with Crippen LogP contribution in [-0.2, 0) is 4.79 Å². The van der Waals surface area contributed by atoms with Crippen LogP contribution in [0.5, 0.6) is 11.5 Å². The van der Waals surface area contributed by atoms with Crippen LogP contribution in [0, 0.1) is 5.82 Å². The van der Waals surface area contributed by atoms with Gasteiger partial charge >= 0.3 is 0 Å². The topological polar surface area (TPSA) is 50.8 Å². The molecule has 0 aromatic heterocycles. The number of nitrogens with one attached hydrogen (secondary N) is 1. The van der Waals surface area contributed by atoms with Crippen molar-refractivity contribution in [3.8, 4) is 11.5 Å². The quantitative estimate of drug-likeness (QED) is 0.756. The highest BCUT2D eigenvalue weighted by molar-refractivity contribution is 6.31. The Morgan fingerprint density at radius 3 is 2.69 bits per heavy atom. The van der Waals surface area contributed by atoms with Gasteiger partial charge in [-0.05, 0) is 44.3 Å². The van der Waals surface area contributed by atoms with Crippen molar-refractivity contribution in [1.29, 1.82) is 0 Å². The molecule has 2 aromatic rings. The molecule has 0 radical (unpaired) electrons. The molecule has 26 heavy (non-hydrogen) atoms. The van der Waals surface area contributed by atoms with Gasteiger partial charge < -0.3 is 14.8 Å². The number of ether oxygens (including phenoxy) is 2. The average molecular weight is 381 g/mol. The van der Waals surface area contributed by atoms with Gasteiger partial charge in [-0.25, -0.2) is 4.39 Å². The highest BCUT2D eigenvalue weighted by atomic mass is 35.5. The van der Waals surface area contributed by atoms with Crippen LogP contribution in [0.2, 0.25) is 5.02 Å². The molecule has 1 atom stereocenters. The van der Waals surface area contributed by atoms with E-state index in [1.165, 1.54) is 13.2 Å². The highest BCUT2D eigenvalue weighted by Gasteiger charge is 2.19.